The quantitative estimate of drug-likeness (QED) is 0.0664. The van der Waals surface area contributed by atoms with Gasteiger partial charge in [-0.05, 0) is 71.3 Å². The predicted octanol–water partition coefficient (Wildman–Crippen LogP) is 2.71. The lowest BCUT2D eigenvalue weighted by molar-refractivity contribution is -0.211. The molecule has 15 nitrogen and oxygen atoms in total. The highest BCUT2D eigenvalue weighted by Crippen LogP contribution is 2.36. The summed E-state index contributed by atoms with van der Waals surface area (Å²) in [5.41, 5.74) is -1.85. The Kier molecular flexibility index (Phi) is 10.8. The molecule has 4 rings (SSSR count). The average molecular weight is 679 g/mol. The van der Waals surface area contributed by atoms with Gasteiger partial charge in [0, 0.05) is 31.1 Å². The first-order valence-corrected chi connectivity index (χ1v) is 14.3. The van der Waals surface area contributed by atoms with Gasteiger partial charge in [0.1, 0.15) is 12.2 Å². The number of phenolic OH excluding ortho intramolecular Hbond substituents is 6. The van der Waals surface area contributed by atoms with Crippen LogP contribution < -0.4 is 0 Å². The largest absolute Gasteiger partial charge is 0.504 e. The second-order valence-electron chi connectivity index (χ2n) is 10.8. The molecule has 1 aliphatic rings. The number of aliphatic hydroxyl groups is 1. The maximum atomic E-state index is 12.9. The maximum Gasteiger partial charge on any atom is 0.335 e. The van der Waals surface area contributed by atoms with E-state index < -0.39 is 95.1 Å². The highest BCUT2D eigenvalue weighted by molar-refractivity contribution is 5.89. The topological polar surface area (TPSA) is 258 Å². The van der Waals surface area contributed by atoms with Gasteiger partial charge in [0.15, 0.2) is 46.2 Å². The van der Waals surface area contributed by atoms with Gasteiger partial charge in [-0.3, -0.25) is 0 Å². The second kappa shape index (κ2) is 15.0. The Morgan fingerprint density at radius 2 is 0.878 bits per heavy atom. The molecule has 256 valence electrons. The molecule has 0 radical (unpaired) electrons. The molecule has 0 unspecified atom stereocenters. The highest BCUT2D eigenvalue weighted by Gasteiger charge is 2.54. The standard InChI is InChI=1S/C34H30O15/c35-21-7-1-18(13-24(21)38)4-10-29(41)47-27-16-34(46,33(44)45)17-28(48-30(42)11-5-19-2-8-22(36)25(39)14-19)32(27)49-31(43)12-6-20-3-9-23(37)26(40)15-20/h1-15,27-28,32,35-40,46H,16-17H2,(H,44,45)/b10-4+,11-5+,12-6+/t27-,28-,32-,34+/m1/s1. The van der Waals surface area contributed by atoms with E-state index in [-0.39, 0.29) is 16.7 Å². The highest BCUT2D eigenvalue weighted by atomic mass is 16.6. The monoisotopic (exact) mass is 678 g/mol. The zero-order valence-electron chi connectivity index (χ0n) is 25.2. The Morgan fingerprint density at radius 1 is 0.551 bits per heavy atom. The summed E-state index contributed by atoms with van der Waals surface area (Å²) in [5.74, 6) is -7.71. The van der Waals surface area contributed by atoms with Crippen molar-refractivity contribution in [2.45, 2.75) is 36.8 Å². The van der Waals surface area contributed by atoms with Crippen molar-refractivity contribution < 1.29 is 74.2 Å². The van der Waals surface area contributed by atoms with Crippen LogP contribution in [0.3, 0.4) is 0 Å². The Hall–Kier alpha value is -6.48. The van der Waals surface area contributed by atoms with Crippen molar-refractivity contribution in [1.29, 1.82) is 0 Å². The molecule has 0 bridgehead atoms. The molecular weight excluding hydrogens is 648 g/mol. The first-order valence-electron chi connectivity index (χ1n) is 14.3. The normalized spacial score (nSPS) is 20.7. The van der Waals surface area contributed by atoms with Crippen LogP contribution in [0.5, 0.6) is 34.5 Å². The maximum absolute atomic E-state index is 12.9. The van der Waals surface area contributed by atoms with E-state index in [0.717, 1.165) is 48.6 Å². The number of carboxylic acid groups (broad SMARTS) is 1. The Bertz CT molecular complexity index is 1760. The van der Waals surface area contributed by atoms with Gasteiger partial charge >= 0.3 is 23.9 Å². The first kappa shape index (κ1) is 35.4. The smallest absolute Gasteiger partial charge is 0.335 e. The van der Waals surface area contributed by atoms with Crippen LogP contribution in [0.1, 0.15) is 29.5 Å². The van der Waals surface area contributed by atoms with E-state index in [9.17, 15) is 60.0 Å². The Morgan fingerprint density at radius 3 is 1.18 bits per heavy atom. The predicted molar refractivity (Wildman–Crippen MR) is 168 cm³/mol. The van der Waals surface area contributed by atoms with Gasteiger partial charge in [-0.25, -0.2) is 19.2 Å². The lowest BCUT2D eigenvalue weighted by Gasteiger charge is -2.41. The summed E-state index contributed by atoms with van der Waals surface area (Å²) < 4.78 is 16.3. The number of rotatable bonds is 10. The number of carbonyl (C=O) groups excluding carboxylic acids is 3. The minimum Gasteiger partial charge on any atom is -0.504 e. The van der Waals surface area contributed by atoms with Gasteiger partial charge in [0.05, 0.1) is 0 Å². The third kappa shape index (κ3) is 9.30. The van der Waals surface area contributed by atoms with E-state index in [2.05, 4.69) is 0 Å². The summed E-state index contributed by atoms with van der Waals surface area (Å²) in [4.78, 5) is 50.8. The van der Waals surface area contributed by atoms with Crippen molar-refractivity contribution in [2.24, 2.45) is 0 Å². The number of aliphatic carboxylic acids is 1. The molecule has 0 aromatic heterocycles. The van der Waals surface area contributed by atoms with Crippen LogP contribution in [0.15, 0.2) is 72.8 Å². The van der Waals surface area contributed by atoms with Crippen LogP contribution in [0.25, 0.3) is 18.2 Å². The molecule has 1 saturated carbocycles. The zero-order valence-corrected chi connectivity index (χ0v) is 25.2. The van der Waals surface area contributed by atoms with Crippen molar-refractivity contribution in [3.05, 3.63) is 89.5 Å². The summed E-state index contributed by atoms with van der Waals surface area (Å²) in [6.45, 7) is 0. The molecule has 8 N–H and O–H groups in total. The molecule has 0 amide bonds. The molecule has 15 heteroatoms. The van der Waals surface area contributed by atoms with Crippen LogP contribution in [0.4, 0.5) is 0 Å². The number of carbonyl (C=O) groups is 4. The second-order valence-corrected chi connectivity index (χ2v) is 10.8. The van der Waals surface area contributed by atoms with Crippen molar-refractivity contribution in [1.82, 2.24) is 0 Å². The minimum absolute atomic E-state index is 0.256. The van der Waals surface area contributed by atoms with Crippen molar-refractivity contribution >= 4 is 42.1 Å². The van der Waals surface area contributed by atoms with E-state index in [4.69, 9.17) is 14.2 Å². The molecule has 0 heterocycles. The minimum atomic E-state index is -2.63. The number of phenols is 6. The zero-order chi connectivity index (χ0) is 35.9. The average Bonchev–Trinajstić information content (AvgIpc) is 3.04. The molecule has 0 aliphatic heterocycles. The van der Waals surface area contributed by atoms with E-state index in [0.29, 0.717) is 0 Å². The van der Waals surface area contributed by atoms with Crippen LogP contribution in [-0.2, 0) is 33.4 Å². The number of ether oxygens (including phenoxy) is 3. The number of hydrogen-bond acceptors (Lipinski definition) is 14. The SMILES string of the molecule is O=C(/C=C/c1ccc(O)c(O)c1)O[C@@H]1C[C@](O)(C(=O)O)C[C@@H](OC(=O)/C=C/c2ccc(O)c(O)c2)[C@H]1OC(=O)/C=C/c1ccc(O)c(O)c1. The number of esters is 3. The molecule has 1 fully saturated rings. The molecule has 49 heavy (non-hydrogen) atoms. The van der Waals surface area contributed by atoms with Gasteiger partial charge in [-0.15, -0.1) is 0 Å². The number of benzene rings is 3. The Labute approximate surface area is 277 Å². The number of hydrogen-bond donors (Lipinski definition) is 8. The lowest BCUT2D eigenvalue weighted by Crippen LogP contribution is -2.59. The number of aromatic hydroxyl groups is 6. The molecule has 3 aromatic carbocycles. The third-order valence-electron chi connectivity index (χ3n) is 7.23. The van der Waals surface area contributed by atoms with E-state index in [1.807, 2.05) is 0 Å². The molecule has 3 aromatic rings. The summed E-state index contributed by atoms with van der Waals surface area (Å²) in [6, 6.07) is 11.0. The summed E-state index contributed by atoms with van der Waals surface area (Å²) in [7, 11) is 0. The van der Waals surface area contributed by atoms with Crippen molar-refractivity contribution in [3.63, 3.8) is 0 Å². The van der Waals surface area contributed by atoms with E-state index in [1.54, 1.807) is 0 Å². The Balaban J connectivity index is 1.62. The molecule has 2 atom stereocenters. The molecule has 0 saturated heterocycles. The van der Waals surface area contributed by atoms with Gasteiger partial charge < -0.3 is 55.1 Å². The fourth-order valence-electron chi connectivity index (χ4n) is 4.74. The lowest BCUT2D eigenvalue weighted by atomic mass is 9.79. The van der Waals surface area contributed by atoms with Gasteiger partial charge in [0.25, 0.3) is 0 Å². The third-order valence-corrected chi connectivity index (χ3v) is 7.23. The van der Waals surface area contributed by atoms with Crippen molar-refractivity contribution in [2.75, 3.05) is 0 Å². The van der Waals surface area contributed by atoms with Crippen LogP contribution in [-0.4, -0.2) is 88.6 Å². The molecule has 1 aliphatic carbocycles. The fraction of sp³-hybridized carbons (Fsp3) is 0.176. The van der Waals surface area contributed by atoms with E-state index >= 15 is 0 Å². The molecule has 0 spiro atoms. The van der Waals surface area contributed by atoms with E-state index in [1.165, 1.54) is 42.5 Å². The van der Waals surface area contributed by atoms with Crippen molar-refractivity contribution in [3.8, 4) is 34.5 Å². The van der Waals surface area contributed by atoms with Gasteiger partial charge in [-0.1, -0.05) is 18.2 Å². The van der Waals surface area contributed by atoms with Crippen LogP contribution in [0.2, 0.25) is 0 Å². The summed E-state index contributed by atoms with van der Waals surface area (Å²) >= 11 is 0. The van der Waals surface area contributed by atoms with Gasteiger partial charge in [-0.2, -0.15) is 0 Å². The van der Waals surface area contributed by atoms with Crippen LogP contribution >= 0.6 is 0 Å². The summed E-state index contributed by atoms with van der Waals surface area (Å²) in [6.07, 6.45) is -0.436. The first-order chi connectivity index (χ1) is 23.1. The molecular formula is C34H30O15. The number of carboxylic acids is 1. The van der Waals surface area contributed by atoms with Gasteiger partial charge in [0.2, 0.25) is 0 Å². The van der Waals surface area contributed by atoms with Crippen LogP contribution in [0, 0.1) is 0 Å². The fourth-order valence-corrected chi connectivity index (χ4v) is 4.74. The summed E-state index contributed by atoms with van der Waals surface area (Å²) in [5, 5.41) is 78.4.